The van der Waals surface area contributed by atoms with Crippen LogP contribution in [0.5, 0.6) is 0 Å². The van der Waals surface area contributed by atoms with Crippen molar-refractivity contribution in [2.45, 2.75) is 25.1 Å². The molecule has 0 bridgehead atoms. The molecule has 0 spiro atoms. The van der Waals surface area contributed by atoms with Crippen LogP contribution in [0.2, 0.25) is 0 Å². The Labute approximate surface area is 92.7 Å². The first-order chi connectivity index (χ1) is 6.49. The molecular formula is C9H16BrNO3. The van der Waals surface area contributed by atoms with E-state index in [1.807, 2.05) is 0 Å². The van der Waals surface area contributed by atoms with E-state index in [0.29, 0.717) is 13.2 Å². The second kappa shape index (κ2) is 6.81. The Morgan fingerprint density at radius 2 is 2.07 bits per heavy atom. The van der Waals surface area contributed by atoms with Crippen molar-refractivity contribution in [3.05, 3.63) is 0 Å². The van der Waals surface area contributed by atoms with E-state index in [1.54, 1.807) is 20.9 Å². The van der Waals surface area contributed by atoms with Crippen LogP contribution < -0.4 is 0 Å². The Balaban J connectivity index is 3.79. The molecule has 0 aliphatic rings. The van der Waals surface area contributed by atoms with Crippen molar-refractivity contribution in [2.24, 2.45) is 0 Å². The lowest BCUT2D eigenvalue weighted by Crippen LogP contribution is -2.33. The number of carbonyl (C=O) groups excluding carboxylic acids is 2. The number of hydrogen-bond acceptors (Lipinski definition) is 3. The molecule has 0 aliphatic carbocycles. The van der Waals surface area contributed by atoms with Crippen molar-refractivity contribution in [2.75, 3.05) is 20.2 Å². The van der Waals surface area contributed by atoms with Gasteiger partial charge in [-0.1, -0.05) is 15.9 Å². The van der Waals surface area contributed by atoms with Gasteiger partial charge in [-0.15, -0.1) is 0 Å². The van der Waals surface area contributed by atoms with E-state index in [4.69, 9.17) is 4.74 Å². The zero-order chi connectivity index (χ0) is 11.1. The molecule has 0 N–H and O–H groups in total. The minimum absolute atomic E-state index is 0.0331. The van der Waals surface area contributed by atoms with Crippen molar-refractivity contribution >= 4 is 27.8 Å². The van der Waals surface area contributed by atoms with Crippen LogP contribution in [-0.2, 0) is 14.3 Å². The second-order valence-corrected chi connectivity index (χ2v) is 4.30. The molecule has 0 aromatic rings. The van der Waals surface area contributed by atoms with E-state index < -0.39 is 0 Å². The number of esters is 1. The van der Waals surface area contributed by atoms with Crippen LogP contribution in [0.15, 0.2) is 0 Å². The lowest BCUT2D eigenvalue weighted by atomic mass is 10.3. The van der Waals surface area contributed by atoms with Crippen LogP contribution in [-0.4, -0.2) is 41.8 Å². The van der Waals surface area contributed by atoms with Gasteiger partial charge in [0, 0.05) is 13.6 Å². The first-order valence-electron chi connectivity index (χ1n) is 4.53. The highest BCUT2D eigenvalue weighted by Gasteiger charge is 2.15. The zero-order valence-electron chi connectivity index (χ0n) is 8.75. The lowest BCUT2D eigenvalue weighted by Gasteiger charge is -2.17. The molecule has 0 saturated carbocycles. The van der Waals surface area contributed by atoms with E-state index in [2.05, 4.69) is 15.9 Å². The Morgan fingerprint density at radius 3 is 2.50 bits per heavy atom. The van der Waals surface area contributed by atoms with Crippen molar-refractivity contribution in [3.63, 3.8) is 0 Å². The number of nitrogens with zero attached hydrogens (tertiary/aromatic N) is 1. The van der Waals surface area contributed by atoms with Gasteiger partial charge in [-0.2, -0.15) is 0 Å². The maximum absolute atomic E-state index is 11.3. The highest BCUT2D eigenvalue weighted by Crippen LogP contribution is 2.02. The number of ether oxygens (including phenoxy) is 1. The molecule has 82 valence electrons. The molecule has 0 heterocycles. The summed E-state index contributed by atoms with van der Waals surface area (Å²) in [6.45, 7) is 4.29. The Bertz CT molecular complexity index is 206. The molecule has 0 fully saturated rings. The SMILES string of the molecule is CCOC(=O)CCN(C)C(=O)C(C)Br. The van der Waals surface area contributed by atoms with E-state index in [1.165, 1.54) is 4.90 Å². The lowest BCUT2D eigenvalue weighted by molar-refractivity contribution is -0.143. The molecular weight excluding hydrogens is 250 g/mol. The average molecular weight is 266 g/mol. The van der Waals surface area contributed by atoms with E-state index in [9.17, 15) is 9.59 Å². The highest BCUT2D eigenvalue weighted by atomic mass is 79.9. The topological polar surface area (TPSA) is 46.6 Å². The normalized spacial score (nSPS) is 12.0. The molecule has 1 atom stereocenters. The minimum Gasteiger partial charge on any atom is -0.466 e. The van der Waals surface area contributed by atoms with Gasteiger partial charge in [-0.25, -0.2) is 0 Å². The van der Waals surface area contributed by atoms with E-state index in [-0.39, 0.29) is 23.1 Å². The zero-order valence-corrected chi connectivity index (χ0v) is 10.3. The molecule has 0 aromatic carbocycles. The predicted molar refractivity (Wildman–Crippen MR) is 57.3 cm³/mol. The second-order valence-electron chi connectivity index (χ2n) is 2.93. The largest absolute Gasteiger partial charge is 0.466 e. The molecule has 1 unspecified atom stereocenters. The van der Waals surface area contributed by atoms with Gasteiger partial charge >= 0.3 is 5.97 Å². The average Bonchev–Trinajstić information content (AvgIpc) is 2.13. The Hall–Kier alpha value is -0.580. The van der Waals surface area contributed by atoms with E-state index in [0.717, 1.165) is 0 Å². The predicted octanol–water partition coefficient (Wildman–Crippen LogP) is 1.18. The molecule has 4 nitrogen and oxygen atoms in total. The summed E-state index contributed by atoms with van der Waals surface area (Å²) in [7, 11) is 1.67. The van der Waals surface area contributed by atoms with Crippen molar-refractivity contribution in [3.8, 4) is 0 Å². The summed E-state index contributed by atoms with van der Waals surface area (Å²) in [6, 6.07) is 0. The highest BCUT2D eigenvalue weighted by molar-refractivity contribution is 9.10. The van der Waals surface area contributed by atoms with Gasteiger partial charge < -0.3 is 9.64 Å². The van der Waals surface area contributed by atoms with Crippen molar-refractivity contribution in [1.29, 1.82) is 0 Å². The number of amides is 1. The number of halogens is 1. The summed E-state index contributed by atoms with van der Waals surface area (Å²) >= 11 is 3.17. The summed E-state index contributed by atoms with van der Waals surface area (Å²) in [5.74, 6) is -0.302. The third-order valence-corrected chi connectivity index (χ3v) is 2.06. The Morgan fingerprint density at radius 1 is 1.50 bits per heavy atom. The van der Waals surface area contributed by atoms with Gasteiger partial charge in [-0.3, -0.25) is 9.59 Å². The molecule has 1 amide bonds. The van der Waals surface area contributed by atoms with Crippen LogP contribution in [0.4, 0.5) is 0 Å². The van der Waals surface area contributed by atoms with Crippen LogP contribution in [0, 0.1) is 0 Å². The van der Waals surface area contributed by atoms with Crippen molar-refractivity contribution < 1.29 is 14.3 Å². The molecule has 5 heteroatoms. The molecule has 0 saturated heterocycles. The van der Waals surface area contributed by atoms with Gasteiger partial charge in [0.2, 0.25) is 5.91 Å². The van der Waals surface area contributed by atoms with Crippen LogP contribution in [0.1, 0.15) is 20.3 Å². The summed E-state index contributed by atoms with van der Waals surface area (Å²) in [5, 5.41) is 0. The van der Waals surface area contributed by atoms with Gasteiger partial charge in [0.25, 0.3) is 0 Å². The fourth-order valence-electron chi connectivity index (χ4n) is 0.906. The smallest absolute Gasteiger partial charge is 0.307 e. The van der Waals surface area contributed by atoms with Gasteiger partial charge in [0.05, 0.1) is 17.9 Å². The van der Waals surface area contributed by atoms with Gasteiger partial charge in [0.15, 0.2) is 0 Å². The summed E-state index contributed by atoms with van der Waals surface area (Å²) in [5.41, 5.74) is 0. The van der Waals surface area contributed by atoms with Crippen LogP contribution in [0.3, 0.4) is 0 Å². The fraction of sp³-hybridized carbons (Fsp3) is 0.778. The summed E-state index contributed by atoms with van der Waals surface area (Å²) in [4.78, 5) is 23.6. The van der Waals surface area contributed by atoms with Crippen molar-refractivity contribution in [1.82, 2.24) is 4.90 Å². The molecule has 0 rings (SSSR count). The Kier molecular flexibility index (Phi) is 6.53. The van der Waals surface area contributed by atoms with Gasteiger partial charge in [-0.05, 0) is 13.8 Å². The van der Waals surface area contributed by atoms with Crippen LogP contribution >= 0.6 is 15.9 Å². The minimum atomic E-state index is -0.269. The summed E-state index contributed by atoms with van der Waals surface area (Å²) < 4.78 is 4.74. The monoisotopic (exact) mass is 265 g/mol. The number of rotatable bonds is 5. The molecule has 14 heavy (non-hydrogen) atoms. The third-order valence-electron chi connectivity index (χ3n) is 1.67. The van der Waals surface area contributed by atoms with Gasteiger partial charge in [0.1, 0.15) is 0 Å². The fourth-order valence-corrected chi connectivity index (χ4v) is 1.26. The number of carbonyl (C=O) groups is 2. The maximum atomic E-state index is 11.3. The third kappa shape index (κ3) is 5.21. The number of hydrogen-bond donors (Lipinski definition) is 0. The molecule has 0 aromatic heterocycles. The molecule has 0 radical (unpaired) electrons. The summed E-state index contributed by atoms with van der Waals surface area (Å²) in [6.07, 6.45) is 0.246. The molecule has 0 aliphatic heterocycles. The standard InChI is InChI=1S/C9H16BrNO3/c1-4-14-8(12)5-6-11(3)9(13)7(2)10/h7H,4-6H2,1-3H3. The van der Waals surface area contributed by atoms with Crippen LogP contribution in [0.25, 0.3) is 0 Å². The first kappa shape index (κ1) is 13.4. The quantitative estimate of drug-likeness (QED) is 0.554. The van der Waals surface area contributed by atoms with E-state index >= 15 is 0 Å². The number of alkyl halides is 1. The first-order valence-corrected chi connectivity index (χ1v) is 5.45. The maximum Gasteiger partial charge on any atom is 0.307 e.